The summed E-state index contributed by atoms with van der Waals surface area (Å²) in [6.45, 7) is 0.428. The molecule has 0 aromatic heterocycles. The molecule has 0 bridgehead atoms. The summed E-state index contributed by atoms with van der Waals surface area (Å²) < 4.78 is 28.1. The Bertz CT molecular complexity index is 839. The summed E-state index contributed by atoms with van der Waals surface area (Å²) in [7, 11) is -3.91. The molecule has 0 aliphatic carbocycles. The van der Waals surface area contributed by atoms with Crippen molar-refractivity contribution in [3.05, 3.63) is 58.1 Å². The Morgan fingerprint density at radius 2 is 1.79 bits per heavy atom. The van der Waals surface area contributed by atoms with Crippen molar-refractivity contribution in [2.75, 3.05) is 13.2 Å². The molecule has 9 heteroatoms. The fraction of sp³-hybridized carbons (Fsp3) is 0.133. The molecule has 0 saturated heterocycles. The van der Waals surface area contributed by atoms with Gasteiger partial charge < -0.3 is 10.1 Å². The molecule has 24 heavy (non-hydrogen) atoms. The molecule has 0 aliphatic rings. The highest BCUT2D eigenvalue weighted by atomic mass is 35.5. The molecule has 2 aromatic rings. The average Bonchev–Trinajstić information content (AvgIpc) is 2.52. The number of hydrogen-bond acceptors (Lipinski definition) is 4. The predicted octanol–water partition coefficient (Wildman–Crippen LogP) is 2.45. The van der Waals surface area contributed by atoms with Crippen molar-refractivity contribution in [3.8, 4) is 5.75 Å². The maximum absolute atomic E-state index is 12.1. The van der Waals surface area contributed by atoms with Crippen LogP contribution in [0.4, 0.5) is 0 Å². The van der Waals surface area contributed by atoms with Gasteiger partial charge in [-0.15, -0.1) is 0 Å². The molecule has 0 unspecified atom stereocenters. The molecule has 3 N–H and O–H groups in total. The second kappa shape index (κ2) is 7.85. The standard InChI is InChI=1S/C15H14Cl2N2O4S/c16-10-1-3-11(4-2-10)23-8-7-19-15(20)13-9-12(24(18,21)22)5-6-14(13)17/h1-6,9H,7-8H2,(H,19,20)(H2,18,21,22). The smallest absolute Gasteiger partial charge is 0.252 e. The van der Waals surface area contributed by atoms with Gasteiger partial charge in [0.25, 0.3) is 5.91 Å². The number of nitrogens with one attached hydrogen (secondary N) is 1. The molecule has 0 atom stereocenters. The van der Waals surface area contributed by atoms with Gasteiger partial charge in [0.05, 0.1) is 22.0 Å². The molecule has 6 nitrogen and oxygen atoms in total. The van der Waals surface area contributed by atoms with Gasteiger partial charge in [0.15, 0.2) is 0 Å². The van der Waals surface area contributed by atoms with Crippen LogP contribution in [0.5, 0.6) is 5.75 Å². The second-order valence-corrected chi connectivity index (χ2v) is 7.15. The van der Waals surface area contributed by atoms with E-state index in [1.807, 2.05) is 0 Å². The van der Waals surface area contributed by atoms with E-state index in [0.717, 1.165) is 6.07 Å². The van der Waals surface area contributed by atoms with Gasteiger partial charge in [0, 0.05) is 5.02 Å². The van der Waals surface area contributed by atoms with E-state index in [0.29, 0.717) is 10.8 Å². The fourth-order valence-electron chi connectivity index (χ4n) is 1.81. The number of ether oxygens (including phenoxy) is 1. The number of nitrogens with two attached hydrogens (primary N) is 1. The topological polar surface area (TPSA) is 98.5 Å². The molecule has 2 rings (SSSR count). The first kappa shape index (κ1) is 18.5. The number of carbonyl (C=O) groups is 1. The van der Waals surface area contributed by atoms with Crippen molar-refractivity contribution < 1.29 is 17.9 Å². The minimum atomic E-state index is -3.91. The number of hydrogen-bond donors (Lipinski definition) is 2. The van der Waals surface area contributed by atoms with Crippen LogP contribution in [0.3, 0.4) is 0 Å². The third-order valence-corrected chi connectivity index (χ3v) is 4.47. The van der Waals surface area contributed by atoms with Crippen molar-refractivity contribution >= 4 is 39.1 Å². The van der Waals surface area contributed by atoms with Crippen LogP contribution in [0.1, 0.15) is 10.4 Å². The van der Waals surface area contributed by atoms with Crippen LogP contribution in [0.15, 0.2) is 47.4 Å². The highest BCUT2D eigenvalue weighted by Crippen LogP contribution is 2.20. The first-order valence-electron chi connectivity index (χ1n) is 6.76. The van der Waals surface area contributed by atoms with Crippen molar-refractivity contribution in [2.45, 2.75) is 4.90 Å². The lowest BCUT2D eigenvalue weighted by Crippen LogP contribution is -2.28. The van der Waals surface area contributed by atoms with Crippen LogP contribution in [0.25, 0.3) is 0 Å². The summed E-state index contributed by atoms with van der Waals surface area (Å²) in [4.78, 5) is 11.9. The zero-order chi connectivity index (χ0) is 17.7. The quantitative estimate of drug-likeness (QED) is 0.742. The number of benzene rings is 2. The van der Waals surface area contributed by atoms with Crippen LogP contribution in [-0.4, -0.2) is 27.5 Å². The van der Waals surface area contributed by atoms with Crippen molar-refractivity contribution in [1.29, 1.82) is 0 Å². The van der Waals surface area contributed by atoms with Gasteiger partial charge in [-0.1, -0.05) is 23.2 Å². The number of sulfonamides is 1. The Hall–Kier alpha value is -1.80. The zero-order valence-electron chi connectivity index (χ0n) is 12.3. The zero-order valence-corrected chi connectivity index (χ0v) is 14.7. The lowest BCUT2D eigenvalue weighted by Gasteiger charge is -2.09. The maximum atomic E-state index is 12.1. The van der Waals surface area contributed by atoms with Gasteiger partial charge in [-0.3, -0.25) is 4.79 Å². The summed E-state index contributed by atoms with van der Waals surface area (Å²) >= 11 is 11.7. The van der Waals surface area contributed by atoms with Gasteiger partial charge in [0.2, 0.25) is 10.0 Å². The molecule has 0 fully saturated rings. The highest BCUT2D eigenvalue weighted by molar-refractivity contribution is 7.89. The van der Waals surface area contributed by atoms with Crippen LogP contribution < -0.4 is 15.2 Å². The van der Waals surface area contributed by atoms with Crippen LogP contribution >= 0.6 is 23.2 Å². The summed E-state index contributed by atoms with van der Waals surface area (Å²) in [5.41, 5.74) is 0.0229. The third kappa shape index (κ3) is 5.10. The molecule has 2 aromatic carbocycles. The Labute approximate surface area is 149 Å². The molecule has 1 amide bonds. The molecular weight excluding hydrogens is 375 g/mol. The lowest BCUT2D eigenvalue weighted by molar-refractivity contribution is 0.0947. The number of rotatable bonds is 6. The molecule has 128 valence electrons. The van der Waals surface area contributed by atoms with E-state index in [9.17, 15) is 13.2 Å². The lowest BCUT2D eigenvalue weighted by atomic mass is 10.2. The Balaban J connectivity index is 1.94. The van der Waals surface area contributed by atoms with Crippen molar-refractivity contribution in [1.82, 2.24) is 5.32 Å². The summed E-state index contributed by atoms with van der Waals surface area (Å²) in [5.74, 6) is 0.0908. The van der Waals surface area contributed by atoms with E-state index in [-0.39, 0.29) is 28.6 Å². The minimum Gasteiger partial charge on any atom is -0.492 e. The highest BCUT2D eigenvalue weighted by Gasteiger charge is 2.15. The molecular formula is C15H14Cl2N2O4S. The monoisotopic (exact) mass is 388 g/mol. The van der Waals surface area contributed by atoms with Crippen LogP contribution in [0, 0.1) is 0 Å². The van der Waals surface area contributed by atoms with Gasteiger partial charge in [-0.2, -0.15) is 0 Å². The van der Waals surface area contributed by atoms with Crippen molar-refractivity contribution in [2.24, 2.45) is 5.14 Å². The number of amides is 1. The number of halogens is 2. The van der Waals surface area contributed by atoms with Gasteiger partial charge >= 0.3 is 0 Å². The fourth-order valence-corrected chi connectivity index (χ4v) is 2.68. The van der Waals surface area contributed by atoms with Crippen molar-refractivity contribution in [3.63, 3.8) is 0 Å². The van der Waals surface area contributed by atoms with Crippen LogP contribution in [-0.2, 0) is 10.0 Å². The number of carbonyl (C=O) groups excluding carboxylic acids is 1. The minimum absolute atomic E-state index is 0.0229. The van der Waals surface area contributed by atoms with Gasteiger partial charge in [0.1, 0.15) is 12.4 Å². The summed E-state index contributed by atoms with van der Waals surface area (Å²) in [6.07, 6.45) is 0. The van der Waals surface area contributed by atoms with Gasteiger partial charge in [-0.05, 0) is 42.5 Å². The van der Waals surface area contributed by atoms with E-state index in [4.69, 9.17) is 33.1 Å². The Kier molecular flexibility index (Phi) is 6.06. The van der Waals surface area contributed by atoms with E-state index in [1.165, 1.54) is 12.1 Å². The van der Waals surface area contributed by atoms with E-state index in [2.05, 4.69) is 5.32 Å². The van der Waals surface area contributed by atoms with E-state index >= 15 is 0 Å². The summed E-state index contributed by atoms with van der Waals surface area (Å²) in [6, 6.07) is 10.5. The first-order valence-corrected chi connectivity index (χ1v) is 9.06. The average molecular weight is 389 g/mol. The molecule has 0 heterocycles. The van der Waals surface area contributed by atoms with E-state index in [1.54, 1.807) is 24.3 Å². The molecule has 0 aliphatic heterocycles. The Morgan fingerprint density at radius 3 is 2.42 bits per heavy atom. The van der Waals surface area contributed by atoms with Gasteiger partial charge in [-0.25, -0.2) is 13.6 Å². The third-order valence-electron chi connectivity index (χ3n) is 2.98. The maximum Gasteiger partial charge on any atom is 0.252 e. The van der Waals surface area contributed by atoms with Crippen LogP contribution in [0.2, 0.25) is 10.0 Å². The number of primary sulfonamides is 1. The second-order valence-electron chi connectivity index (χ2n) is 4.74. The summed E-state index contributed by atoms with van der Waals surface area (Å²) in [5, 5.41) is 8.35. The van der Waals surface area contributed by atoms with E-state index < -0.39 is 15.9 Å². The molecule has 0 radical (unpaired) electrons. The SMILES string of the molecule is NS(=O)(=O)c1ccc(Cl)c(C(=O)NCCOc2ccc(Cl)cc2)c1. The largest absolute Gasteiger partial charge is 0.492 e. The first-order chi connectivity index (χ1) is 11.3. The normalized spacial score (nSPS) is 11.1. The Morgan fingerprint density at radius 1 is 1.12 bits per heavy atom. The molecule has 0 saturated carbocycles. The molecule has 0 spiro atoms. The predicted molar refractivity (Wildman–Crippen MR) is 92.1 cm³/mol.